The Balaban J connectivity index is 0.00000276. The van der Waals surface area contributed by atoms with Crippen LogP contribution in [0.4, 0.5) is 28.4 Å². The standard InChI is InChI=1S/C44H46Br2N2.C2H2/c1-8-36(45)10-9-31-47(39-25-15-34(16-26-39)43(2,3)4)38-21-11-32(12-22-38)33-13-23-40(24-14-33)48(42-29-19-37(46)20-30-42)41-27-17-35(18-28-41)44(5,6)7;1-2/h8-30H,31H2,1-7H3;1-2H/b10-9-,36-8+;. The Kier molecular flexibility index (Phi) is 13.2. The quantitative estimate of drug-likeness (QED) is 0.108. The minimum atomic E-state index is 0.104. The predicted octanol–water partition coefficient (Wildman–Crippen LogP) is 14.4. The average Bonchev–Trinajstić information content (AvgIpc) is 3.12. The second kappa shape index (κ2) is 17.1. The minimum Gasteiger partial charge on any atom is -0.338 e. The van der Waals surface area contributed by atoms with E-state index in [9.17, 15) is 0 Å². The van der Waals surface area contributed by atoms with Gasteiger partial charge in [-0.25, -0.2) is 0 Å². The van der Waals surface area contributed by atoms with Gasteiger partial charge in [-0.15, -0.1) is 12.8 Å². The molecule has 0 N–H and O–H groups in total. The number of hydrogen-bond acceptors (Lipinski definition) is 2. The van der Waals surface area contributed by atoms with Gasteiger partial charge in [-0.1, -0.05) is 140 Å². The molecular formula is C46H48Br2N2. The maximum atomic E-state index is 4.00. The van der Waals surface area contributed by atoms with Crippen molar-refractivity contribution in [2.45, 2.75) is 59.3 Å². The fourth-order valence-corrected chi connectivity index (χ4v) is 6.10. The van der Waals surface area contributed by atoms with Crippen LogP contribution in [0, 0.1) is 12.8 Å². The maximum absolute atomic E-state index is 4.00. The lowest BCUT2D eigenvalue weighted by molar-refractivity contribution is 0.590. The van der Waals surface area contributed by atoms with Crippen molar-refractivity contribution in [3.63, 3.8) is 0 Å². The Labute approximate surface area is 317 Å². The number of anilines is 5. The zero-order valence-electron chi connectivity index (χ0n) is 30.3. The lowest BCUT2D eigenvalue weighted by Crippen LogP contribution is -2.17. The van der Waals surface area contributed by atoms with Gasteiger partial charge in [0.1, 0.15) is 0 Å². The molecule has 4 heteroatoms. The van der Waals surface area contributed by atoms with Crippen LogP contribution in [0.2, 0.25) is 0 Å². The van der Waals surface area contributed by atoms with Crippen LogP contribution in [0.15, 0.2) is 149 Å². The van der Waals surface area contributed by atoms with Crippen LogP contribution in [0.25, 0.3) is 11.1 Å². The molecule has 0 heterocycles. The summed E-state index contributed by atoms with van der Waals surface area (Å²) in [6.45, 7) is 16.3. The zero-order valence-corrected chi connectivity index (χ0v) is 33.5. The number of terminal acetylenes is 1. The maximum Gasteiger partial charge on any atom is 0.0462 e. The van der Waals surface area contributed by atoms with Crippen molar-refractivity contribution in [3.05, 3.63) is 160 Å². The van der Waals surface area contributed by atoms with Gasteiger partial charge >= 0.3 is 0 Å². The van der Waals surface area contributed by atoms with Gasteiger partial charge in [-0.3, -0.25) is 0 Å². The number of benzene rings is 5. The van der Waals surface area contributed by atoms with Crippen molar-refractivity contribution < 1.29 is 0 Å². The summed E-state index contributed by atoms with van der Waals surface area (Å²) in [5.41, 5.74) is 10.9. The monoisotopic (exact) mass is 786 g/mol. The highest BCUT2D eigenvalue weighted by Crippen LogP contribution is 2.38. The first-order valence-corrected chi connectivity index (χ1v) is 18.5. The normalized spacial score (nSPS) is 11.9. The molecule has 0 spiro atoms. The average molecular weight is 789 g/mol. The van der Waals surface area contributed by atoms with Crippen molar-refractivity contribution in [2.24, 2.45) is 0 Å². The molecule has 50 heavy (non-hydrogen) atoms. The Hall–Kier alpha value is -4.30. The molecule has 5 aromatic rings. The summed E-state index contributed by atoms with van der Waals surface area (Å²) in [5, 5.41) is 0. The topological polar surface area (TPSA) is 6.48 Å². The van der Waals surface area contributed by atoms with Gasteiger partial charge in [-0.2, -0.15) is 0 Å². The first kappa shape index (κ1) is 38.5. The molecule has 0 aliphatic heterocycles. The smallest absolute Gasteiger partial charge is 0.0462 e. The number of nitrogens with zero attached hydrogens (tertiary/aromatic N) is 2. The third-order valence-corrected chi connectivity index (χ3v) is 9.85. The van der Waals surface area contributed by atoms with Gasteiger partial charge in [-0.05, 0) is 113 Å². The first-order valence-electron chi connectivity index (χ1n) is 16.9. The van der Waals surface area contributed by atoms with E-state index in [1.54, 1.807) is 0 Å². The summed E-state index contributed by atoms with van der Waals surface area (Å²) in [6.07, 6.45) is 14.4. The van der Waals surface area contributed by atoms with Gasteiger partial charge in [0.25, 0.3) is 0 Å². The van der Waals surface area contributed by atoms with Crippen LogP contribution in [-0.4, -0.2) is 6.54 Å². The van der Waals surface area contributed by atoms with Crippen LogP contribution in [0.5, 0.6) is 0 Å². The molecule has 0 saturated heterocycles. The molecule has 0 saturated carbocycles. The summed E-state index contributed by atoms with van der Waals surface area (Å²) >= 11 is 7.21. The lowest BCUT2D eigenvalue weighted by Gasteiger charge is -2.27. The van der Waals surface area contributed by atoms with E-state index in [1.165, 1.54) is 27.9 Å². The van der Waals surface area contributed by atoms with Gasteiger partial charge < -0.3 is 9.80 Å². The van der Waals surface area contributed by atoms with Gasteiger partial charge in [0.05, 0.1) is 0 Å². The molecule has 0 aliphatic carbocycles. The molecule has 2 nitrogen and oxygen atoms in total. The van der Waals surface area contributed by atoms with E-state index >= 15 is 0 Å². The SMILES string of the molecule is C#C.C/C=C(Br)\C=C/CN(c1ccc(-c2ccc(N(c3ccc(Br)cc3)c3ccc(C(C)(C)C)cc3)cc2)cc1)c1ccc(C(C)(C)C)cc1. The van der Waals surface area contributed by atoms with Crippen molar-refractivity contribution in [1.82, 2.24) is 0 Å². The second-order valence-corrected chi connectivity index (χ2v) is 16.0. The number of hydrogen-bond donors (Lipinski definition) is 0. The molecule has 0 aromatic heterocycles. The van der Waals surface area contributed by atoms with Gasteiger partial charge in [0.15, 0.2) is 0 Å². The molecule has 0 radical (unpaired) electrons. The lowest BCUT2D eigenvalue weighted by atomic mass is 9.87. The number of rotatable bonds is 9. The third kappa shape index (κ3) is 9.90. The molecule has 0 unspecified atom stereocenters. The Bertz CT molecular complexity index is 1880. The third-order valence-electron chi connectivity index (χ3n) is 8.60. The molecule has 0 atom stereocenters. The Morgan fingerprint density at radius 3 is 1.28 bits per heavy atom. The van der Waals surface area contributed by atoms with Crippen molar-refractivity contribution in [2.75, 3.05) is 16.3 Å². The van der Waals surface area contributed by atoms with E-state index in [0.29, 0.717) is 0 Å². The summed E-state index contributed by atoms with van der Waals surface area (Å²) in [5.74, 6) is 0. The predicted molar refractivity (Wildman–Crippen MR) is 227 cm³/mol. The zero-order chi connectivity index (χ0) is 36.5. The van der Waals surface area contributed by atoms with Crippen LogP contribution in [0.3, 0.4) is 0 Å². The largest absolute Gasteiger partial charge is 0.338 e. The highest BCUT2D eigenvalue weighted by molar-refractivity contribution is 9.12. The molecule has 0 aliphatic rings. The molecular weight excluding hydrogens is 740 g/mol. The van der Waals surface area contributed by atoms with Crippen molar-refractivity contribution >= 4 is 60.3 Å². The van der Waals surface area contributed by atoms with E-state index in [4.69, 9.17) is 0 Å². The van der Waals surface area contributed by atoms with Gasteiger partial charge in [0, 0.05) is 43.9 Å². The Morgan fingerprint density at radius 2 is 0.900 bits per heavy atom. The first-order chi connectivity index (χ1) is 23.8. The molecule has 256 valence electrons. The molecule has 0 bridgehead atoms. The highest BCUT2D eigenvalue weighted by Gasteiger charge is 2.18. The van der Waals surface area contributed by atoms with Gasteiger partial charge in [0.2, 0.25) is 0 Å². The molecule has 5 aromatic carbocycles. The fourth-order valence-electron chi connectivity index (χ4n) is 5.65. The summed E-state index contributed by atoms with van der Waals surface area (Å²) < 4.78 is 2.14. The fraction of sp³-hybridized carbons (Fsp3) is 0.217. The summed E-state index contributed by atoms with van der Waals surface area (Å²) in [7, 11) is 0. The summed E-state index contributed by atoms with van der Waals surface area (Å²) in [4.78, 5) is 4.67. The van der Waals surface area contributed by atoms with E-state index in [0.717, 1.165) is 38.2 Å². The number of halogens is 2. The second-order valence-electron chi connectivity index (χ2n) is 14.2. The van der Waals surface area contributed by atoms with Crippen molar-refractivity contribution in [1.29, 1.82) is 0 Å². The van der Waals surface area contributed by atoms with Crippen molar-refractivity contribution in [3.8, 4) is 24.0 Å². The van der Waals surface area contributed by atoms with Crippen LogP contribution in [0.1, 0.15) is 59.6 Å². The Morgan fingerprint density at radius 1 is 0.560 bits per heavy atom. The molecule has 0 fully saturated rings. The molecule has 5 rings (SSSR count). The van der Waals surface area contributed by atoms with E-state index in [1.807, 2.05) is 6.92 Å². The molecule has 0 amide bonds. The van der Waals surface area contributed by atoms with Crippen LogP contribution < -0.4 is 9.80 Å². The van der Waals surface area contributed by atoms with E-state index in [-0.39, 0.29) is 10.8 Å². The van der Waals surface area contributed by atoms with E-state index < -0.39 is 0 Å². The minimum absolute atomic E-state index is 0.104. The van der Waals surface area contributed by atoms with Crippen LogP contribution in [-0.2, 0) is 10.8 Å². The highest BCUT2D eigenvalue weighted by atomic mass is 79.9. The number of allylic oxidation sites excluding steroid dienone is 3. The summed E-state index contributed by atoms with van der Waals surface area (Å²) in [6, 6.07) is 44.2. The van der Waals surface area contributed by atoms with Crippen LogP contribution >= 0.6 is 31.9 Å². The van der Waals surface area contributed by atoms with E-state index in [2.05, 4.69) is 236 Å².